The van der Waals surface area contributed by atoms with Gasteiger partial charge < -0.3 is 31.8 Å². The van der Waals surface area contributed by atoms with E-state index in [0.717, 1.165) is 22.3 Å². The van der Waals surface area contributed by atoms with Gasteiger partial charge in [0.15, 0.2) is 0 Å². The third kappa shape index (κ3) is 5.28. The molecule has 7 N–H and O–H groups in total. The lowest BCUT2D eigenvalue weighted by Crippen LogP contribution is -2.14. The molecule has 1 unspecified atom stereocenters. The van der Waals surface area contributed by atoms with Crippen LogP contribution in [0.1, 0.15) is 28.3 Å². The summed E-state index contributed by atoms with van der Waals surface area (Å²) in [4.78, 5) is 11.1. The summed E-state index contributed by atoms with van der Waals surface area (Å²) in [7, 11) is 0. The van der Waals surface area contributed by atoms with Crippen molar-refractivity contribution >= 4 is 17.9 Å². The summed E-state index contributed by atoms with van der Waals surface area (Å²) in [5, 5.41) is 26.2. The zero-order valence-electron chi connectivity index (χ0n) is 16.9. The van der Waals surface area contributed by atoms with Crippen LogP contribution in [-0.4, -0.2) is 29.0 Å². The fourth-order valence-electron chi connectivity index (χ4n) is 3.38. The minimum atomic E-state index is -0.932. The van der Waals surface area contributed by atoms with Crippen LogP contribution in [0, 0.1) is 5.41 Å². The number of carboxylic acids is 1. The third-order valence-electron chi connectivity index (χ3n) is 4.95. The Bertz CT molecular complexity index is 1100. The Morgan fingerprint density at radius 3 is 2.61 bits per heavy atom. The van der Waals surface area contributed by atoms with E-state index < -0.39 is 12.0 Å². The van der Waals surface area contributed by atoms with Gasteiger partial charge >= 0.3 is 5.97 Å². The van der Waals surface area contributed by atoms with Crippen molar-refractivity contribution in [3.63, 3.8) is 0 Å². The highest BCUT2D eigenvalue weighted by molar-refractivity contribution is 5.95. The minimum Gasteiger partial charge on any atom is -0.489 e. The Kier molecular flexibility index (Phi) is 7.02. The number of nitrogens with two attached hydrogens (primary N) is 2. The SMILES string of the molecule is N=Cc1c(N)cc(COc2ccccc2CC(=O)O)cc1-c1cccc(C(N)CO)c1. The van der Waals surface area contributed by atoms with Crippen molar-refractivity contribution in [3.05, 3.63) is 82.9 Å². The number of hydrogen-bond acceptors (Lipinski definition) is 6. The number of hydrogen-bond donors (Lipinski definition) is 5. The Balaban J connectivity index is 1.94. The summed E-state index contributed by atoms with van der Waals surface area (Å²) in [6.45, 7) is 0.00854. The van der Waals surface area contributed by atoms with Gasteiger partial charge in [0.05, 0.1) is 19.1 Å². The van der Waals surface area contributed by atoms with Gasteiger partial charge in [-0.2, -0.15) is 0 Å². The molecule has 31 heavy (non-hydrogen) atoms. The molecule has 0 spiro atoms. The number of aliphatic carboxylic acids is 1. The maximum Gasteiger partial charge on any atom is 0.307 e. The molecule has 0 saturated heterocycles. The first kappa shape index (κ1) is 22.0. The van der Waals surface area contributed by atoms with Gasteiger partial charge in [-0.25, -0.2) is 0 Å². The summed E-state index contributed by atoms with van der Waals surface area (Å²) < 4.78 is 5.89. The number of carboxylic acid groups (broad SMARTS) is 1. The summed E-state index contributed by atoms with van der Waals surface area (Å²) in [6, 6.07) is 17.6. The van der Waals surface area contributed by atoms with Gasteiger partial charge in [-0.05, 0) is 46.5 Å². The number of aliphatic hydroxyl groups is 1. The number of nitrogens with one attached hydrogen (secondary N) is 1. The van der Waals surface area contributed by atoms with Crippen LogP contribution >= 0.6 is 0 Å². The second-order valence-electron chi connectivity index (χ2n) is 7.17. The largest absolute Gasteiger partial charge is 0.489 e. The van der Waals surface area contributed by atoms with Crippen molar-refractivity contribution in [1.29, 1.82) is 5.41 Å². The molecule has 3 aromatic rings. The van der Waals surface area contributed by atoms with Crippen molar-refractivity contribution in [2.45, 2.75) is 19.1 Å². The van der Waals surface area contributed by atoms with Gasteiger partial charge in [-0.3, -0.25) is 4.79 Å². The lowest BCUT2D eigenvalue weighted by Gasteiger charge is -2.16. The molecule has 0 fully saturated rings. The quantitative estimate of drug-likeness (QED) is 0.266. The lowest BCUT2D eigenvalue weighted by molar-refractivity contribution is -0.136. The van der Waals surface area contributed by atoms with Crippen molar-refractivity contribution in [3.8, 4) is 16.9 Å². The number of nitrogen functional groups attached to an aromatic ring is 1. The van der Waals surface area contributed by atoms with Crippen molar-refractivity contribution in [2.24, 2.45) is 5.73 Å². The smallest absolute Gasteiger partial charge is 0.307 e. The topological polar surface area (TPSA) is 143 Å². The van der Waals surface area contributed by atoms with Gasteiger partial charge in [-0.1, -0.05) is 36.4 Å². The van der Waals surface area contributed by atoms with E-state index in [4.69, 9.17) is 26.7 Å². The van der Waals surface area contributed by atoms with Gasteiger partial charge in [-0.15, -0.1) is 0 Å². The van der Waals surface area contributed by atoms with E-state index in [1.165, 1.54) is 6.21 Å². The molecular weight excluding hydrogens is 394 g/mol. The summed E-state index contributed by atoms with van der Waals surface area (Å²) in [5.74, 6) is -0.434. The first-order chi connectivity index (χ1) is 14.9. The van der Waals surface area contributed by atoms with Crippen LogP contribution in [0.15, 0.2) is 60.7 Å². The van der Waals surface area contributed by atoms with E-state index >= 15 is 0 Å². The highest BCUT2D eigenvalue weighted by atomic mass is 16.5. The normalized spacial score (nSPS) is 11.7. The Morgan fingerprint density at radius 2 is 1.90 bits per heavy atom. The molecule has 7 nitrogen and oxygen atoms in total. The van der Waals surface area contributed by atoms with Crippen molar-refractivity contribution in [1.82, 2.24) is 0 Å². The van der Waals surface area contributed by atoms with Crippen LogP contribution < -0.4 is 16.2 Å². The van der Waals surface area contributed by atoms with E-state index in [-0.39, 0.29) is 19.6 Å². The Labute approximate surface area is 180 Å². The molecule has 1 atom stereocenters. The Morgan fingerprint density at radius 1 is 1.13 bits per heavy atom. The summed E-state index contributed by atoms with van der Waals surface area (Å²) in [5.41, 5.74) is 16.9. The van der Waals surface area contributed by atoms with Crippen LogP contribution in [0.4, 0.5) is 5.69 Å². The number of carbonyl (C=O) groups is 1. The molecule has 0 aliphatic rings. The fraction of sp³-hybridized carbons (Fsp3) is 0.167. The van der Waals surface area contributed by atoms with Gasteiger partial charge in [0, 0.05) is 23.0 Å². The highest BCUT2D eigenvalue weighted by Crippen LogP contribution is 2.31. The molecule has 3 aromatic carbocycles. The number of para-hydroxylation sites is 1. The fourth-order valence-corrected chi connectivity index (χ4v) is 3.38. The molecule has 3 rings (SSSR count). The zero-order valence-corrected chi connectivity index (χ0v) is 16.9. The molecule has 0 aromatic heterocycles. The van der Waals surface area contributed by atoms with Crippen molar-refractivity contribution in [2.75, 3.05) is 12.3 Å². The van der Waals surface area contributed by atoms with Gasteiger partial charge in [0.25, 0.3) is 0 Å². The monoisotopic (exact) mass is 419 g/mol. The highest BCUT2D eigenvalue weighted by Gasteiger charge is 2.13. The molecule has 0 saturated carbocycles. The number of ether oxygens (including phenoxy) is 1. The number of aliphatic hydroxyl groups excluding tert-OH is 1. The molecular formula is C24H25N3O4. The lowest BCUT2D eigenvalue weighted by atomic mass is 9.94. The second-order valence-corrected chi connectivity index (χ2v) is 7.17. The van der Waals surface area contributed by atoms with Crippen LogP contribution in [0.25, 0.3) is 11.1 Å². The standard InChI is InChI=1S/C24H25N3O4/c25-12-20-19(16-5-3-6-17(10-16)22(27)13-28)8-15(9-21(20)26)14-31-23-7-2-1-4-18(23)11-24(29)30/h1-10,12,22,25,28H,11,13-14,26-27H2,(H,29,30). The average molecular weight is 419 g/mol. The summed E-state index contributed by atoms with van der Waals surface area (Å²) in [6.07, 6.45) is 1.07. The maximum atomic E-state index is 11.1. The van der Waals surface area contributed by atoms with E-state index in [2.05, 4.69) is 0 Å². The van der Waals surface area contributed by atoms with E-state index in [0.29, 0.717) is 22.6 Å². The second kappa shape index (κ2) is 9.88. The van der Waals surface area contributed by atoms with E-state index in [1.54, 1.807) is 30.3 Å². The molecule has 0 radical (unpaired) electrons. The summed E-state index contributed by atoms with van der Waals surface area (Å²) >= 11 is 0. The predicted octanol–water partition coefficient (Wildman–Crippen LogP) is 3.13. The van der Waals surface area contributed by atoms with Crippen LogP contribution in [0.5, 0.6) is 5.75 Å². The maximum absolute atomic E-state index is 11.1. The third-order valence-corrected chi connectivity index (χ3v) is 4.95. The van der Waals surface area contributed by atoms with Crippen molar-refractivity contribution < 1.29 is 19.7 Å². The molecule has 0 bridgehead atoms. The van der Waals surface area contributed by atoms with Crippen LogP contribution in [0.3, 0.4) is 0 Å². The van der Waals surface area contributed by atoms with Gasteiger partial charge in [0.1, 0.15) is 12.4 Å². The first-order valence-electron chi connectivity index (χ1n) is 9.75. The minimum absolute atomic E-state index is 0.131. The number of benzene rings is 3. The van der Waals surface area contributed by atoms with Crippen LogP contribution in [0.2, 0.25) is 0 Å². The van der Waals surface area contributed by atoms with E-state index in [1.807, 2.05) is 30.3 Å². The molecule has 0 heterocycles. The number of rotatable bonds is 9. The molecule has 0 aliphatic carbocycles. The first-order valence-corrected chi connectivity index (χ1v) is 9.75. The Hall–Kier alpha value is -3.68. The predicted molar refractivity (Wildman–Crippen MR) is 120 cm³/mol. The van der Waals surface area contributed by atoms with Crippen LogP contribution in [-0.2, 0) is 17.8 Å². The average Bonchev–Trinajstić information content (AvgIpc) is 2.77. The molecule has 0 amide bonds. The number of anilines is 1. The molecule has 0 aliphatic heterocycles. The van der Waals surface area contributed by atoms with E-state index in [9.17, 15) is 9.90 Å². The molecule has 160 valence electrons. The zero-order chi connectivity index (χ0) is 22.4. The molecule has 7 heteroatoms. The van der Waals surface area contributed by atoms with Gasteiger partial charge in [0.2, 0.25) is 0 Å².